The summed E-state index contributed by atoms with van der Waals surface area (Å²) in [7, 11) is -5.01. The predicted octanol–water partition coefficient (Wildman–Crippen LogP) is 6.03. The van der Waals surface area contributed by atoms with Gasteiger partial charge in [0.05, 0.1) is 45.1 Å². The van der Waals surface area contributed by atoms with Crippen molar-refractivity contribution in [3.8, 4) is 0 Å². The maximum Gasteiger partial charge on any atom is 0.224 e. The van der Waals surface area contributed by atoms with Crippen LogP contribution in [0.2, 0.25) is 15.3 Å². The number of sulfone groups is 2. The molecule has 0 aliphatic rings. The molecule has 0 saturated heterocycles. The van der Waals surface area contributed by atoms with Gasteiger partial charge in [0, 0.05) is 7.05 Å². The minimum absolute atomic E-state index is 0.00392. The van der Waals surface area contributed by atoms with Gasteiger partial charge < -0.3 is 16.0 Å². The van der Waals surface area contributed by atoms with Crippen molar-refractivity contribution >= 4 is 83.4 Å². The molecule has 16 heteroatoms. The average Bonchev–Trinajstić information content (AvgIpc) is 2.97. The number of para-hydroxylation sites is 2. The monoisotopic (exact) mass is 657 g/mol. The summed E-state index contributed by atoms with van der Waals surface area (Å²) in [5.41, 5.74) is 0.827. The number of anilines is 5. The van der Waals surface area contributed by atoms with Gasteiger partial charge in [0.2, 0.25) is 11.2 Å². The van der Waals surface area contributed by atoms with Crippen molar-refractivity contribution in [3.63, 3.8) is 0 Å². The second-order valence-electron chi connectivity index (χ2n) is 8.02. The first-order chi connectivity index (χ1) is 19.4. The highest BCUT2D eigenvalue weighted by Gasteiger charge is 2.18. The summed E-state index contributed by atoms with van der Waals surface area (Å²) in [5.74, 6) is 1.01. The van der Waals surface area contributed by atoms with Crippen LogP contribution < -0.4 is 16.0 Å². The number of nitrogens with one attached hydrogen (secondary N) is 3. The van der Waals surface area contributed by atoms with Crippen LogP contribution in [0.15, 0.2) is 70.7 Å². The number of benzene rings is 2. The van der Waals surface area contributed by atoms with Gasteiger partial charge in [-0.2, -0.15) is 9.97 Å². The predicted molar refractivity (Wildman–Crippen MR) is 164 cm³/mol. The summed E-state index contributed by atoms with van der Waals surface area (Å²) in [6.45, 7) is 3.18. The first-order valence-corrected chi connectivity index (χ1v) is 16.4. The van der Waals surface area contributed by atoms with Crippen molar-refractivity contribution in [2.75, 3.05) is 34.5 Å². The van der Waals surface area contributed by atoms with E-state index in [0.717, 1.165) is 0 Å². The zero-order valence-electron chi connectivity index (χ0n) is 22.1. The molecule has 4 aromatic rings. The topological polar surface area (TPSA) is 156 Å². The first kappa shape index (κ1) is 32.3. The zero-order valence-corrected chi connectivity index (χ0v) is 26.0. The second-order valence-corrected chi connectivity index (χ2v) is 13.7. The Morgan fingerprint density at radius 2 is 1.12 bits per heavy atom. The third-order valence-electron chi connectivity index (χ3n) is 5.39. The summed E-state index contributed by atoms with van der Waals surface area (Å²) in [6.07, 6.45) is 2.79. The van der Waals surface area contributed by atoms with E-state index in [2.05, 4.69) is 35.9 Å². The van der Waals surface area contributed by atoms with E-state index in [0.29, 0.717) is 28.2 Å². The lowest BCUT2D eigenvalue weighted by Crippen LogP contribution is -2.08. The highest BCUT2D eigenvalue weighted by atomic mass is 35.5. The molecule has 0 amide bonds. The summed E-state index contributed by atoms with van der Waals surface area (Å²) in [5, 5.41) is 9.20. The molecular formula is C25H26Cl3N7O4S2. The Morgan fingerprint density at radius 3 is 1.59 bits per heavy atom. The molecule has 11 nitrogen and oxygen atoms in total. The smallest absolute Gasteiger partial charge is 0.224 e. The van der Waals surface area contributed by atoms with Crippen LogP contribution in [-0.4, -0.2) is 55.3 Å². The molecule has 0 fully saturated rings. The SMILES string of the molecule is CCS(=O)(=O)c1ccccc1Nc1nc(Cl)ncc1Cl.CCS(=O)(=O)c1ccccc1Nc1nc(NC)ncc1Cl. The maximum absolute atomic E-state index is 12.1. The van der Waals surface area contributed by atoms with Crippen LogP contribution in [0.5, 0.6) is 0 Å². The highest BCUT2D eigenvalue weighted by molar-refractivity contribution is 7.91. The molecule has 0 saturated carbocycles. The summed E-state index contributed by atoms with van der Waals surface area (Å²) in [6, 6.07) is 13.2. The molecule has 0 radical (unpaired) electrons. The average molecular weight is 659 g/mol. The van der Waals surface area contributed by atoms with E-state index in [4.69, 9.17) is 34.8 Å². The van der Waals surface area contributed by atoms with Gasteiger partial charge in [-0.1, -0.05) is 61.3 Å². The standard InChI is InChI=1S/C13H15ClN4O2S.C12H11Cl2N3O2S/c1-3-21(19,20)11-7-5-4-6-10(11)17-12-9(14)8-16-13(15-2)18-12;1-2-20(18,19)10-6-4-3-5-9(10)16-11-8(13)7-15-12(14)17-11/h4-8H,3H2,1-2H3,(H2,15,16,17,18);3-7H,2H2,1H3,(H,15,16,17). The Morgan fingerprint density at radius 1 is 0.683 bits per heavy atom. The molecule has 2 aromatic heterocycles. The van der Waals surface area contributed by atoms with Crippen molar-refractivity contribution in [3.05, 3.63) is 76.3 Å². The molecule has 3 N–H and O–H groups in total. The van der Waals surface area contributed by atoms with Crippen molar-refractivity contribution < 1.29 is 16.8 Å². The minimum atomic E-state index is -3.35. The third kappa shape index (κ3) is 8.39. The summed E-state index contributed by atoms with van der Waals surface area (Å²) < 4.78 is 48.3. The Balaban J connectivity index is 0.000000226. The molecule has 4 rings (SSSR count). The maximum atomic E-state index is 12.1. The number of hydrogen-bond acceptors (Lipinski definition) is 11. The van der Waals surface area contributed by atoms with Crippen LogP contribution in [0, 0.1) is 0 Å². The van der Waals surface area contributed by atoms with Gasteiger partial charge in [0.15, 0.2) is 31.3 Å². The van der Waals surface area contributed by atoms with Crippen molar-refractivity contribution in [1.29, 1.82) is 0 Å². The number of nitrogens with zero attached hydrogens (tertiary/aromatic N) is 4. The minimum Gasteiger partial charge on any atom is -0.357 e. The quantitative estimate of drug-likeness (QED) is 0.181. The molecule has 0 aliphatic heterocycles. The van der Waals surface area contributed by atoms with Crippen molar-refractivity contribution in [2.45, 2.75) is 23.6 Å². The number of aromatic nitrogens is 4. The Bertz CT molecular complexity index is 1740. The number of halogens is 3. The van der Waals surface area contributed by atoms with Gasteiger partial charge in [-0.25, -0.2) is 26.8 Å². The Hall–Kier alpha value is -3.23. The fourth-order valence-corrected chi connectivity index (χ4v) is 5.77. The normalized spacial score (nSPS) is 11.3. The Labute approximate surface area is 253 Å². The van der Waals surface area contributed by atoms with Gasteiger partial charge in [-0.3, -0.25) is 0 Å². The fraction of sp³-hybridized carbons (Fsp3) is 0.200. The largest absolute Gasteiger partial charge is 0.357 e. The lowest BCUT2D eigenvalue weighted by atomic mass is 10.3. The van der Waals surface area contributed by atoms with E-state index < -0.39 is 19.7 Å². The zero-order chi connectivity index (χ0) is 30.2. The van der Waals surface area contributed by atoms with Crippen molar-refractivity contribution in [1.82, 2.24) is 19.9 Å². The molecule has 0 unspecified atom stereocenters. The fourth-order valence-electron chi connectivity index (χ4n) is 3.26. The van der Waals surface area contributed by atoms with E-state index in [1.807, 2.05) is 0 Å². The molecule has 0 aliphatic carbocycles. The van der Waals surface area contributed by atoms with E-state index in [9.17, 15) is 16.8 Å². The molecule has 0 spiro atoms. The molecule has 218 valence electrons. The van der Waals surface area contributed by atoms with Crippen LogP contribution in [0.1, 0.15) is 13.8 Å². The molecular weight excluding hydrogens is 633 g/mol. The van der Waals surface area contributed by atoms with Crippen LogP contribution in [-0.2, 0) is 19.7 Å². The van der Waals surface area contributed by atoms with Crippen LogP contribution in [0.4, 0.5) is 29.0 Å². The summed E-state index contributed by atoms with van der Waals surface area (Å²) in [4.78, 5) is 16.2. The lowest BCUT2D eigenvalue weighted by Gasteiger charge is -2.12. The molecule has 0 atom stereocenters. The Kier molecular flexibility index (Phi) is 11.1. The molecule has 0 bridgehead atoms. The summed E-state index contributed by atoms with van der Waals surface area (Å²) >= 11 is 17.7. The molecule has 2 heterocycles. The first-order valence-electron chi connectivity index (χ1n) is 12.0. The van der Waals surface area contributed by atoms with Gasteiger partial charge >= 0.3 is 0 Å². The van der Waals surface area contributed by atoms with Crippen LogP contribution >= 0.6 is 34.8 Å². The number of rotatable bonds is 9. The van der Waals surface area contributed by atoms with Gasteiger partial charge in [-0.05, 0) is 35.9 Å². The number of hydrogen-bond donors (Lipinski definition) is 3. The van der Waals surface area contributed by atoms with Gasteiger partial charge in [-0.15, -0.1) is 0 Å². The van der Waals surface area contributed by atoms with Crippen LogP contribution in [0.3, 0.4) is 0 Å². The van der Waals surface area contributed by atoms with Crippen molar-refractivity contribution in [2.24, 2.45) is 0 Å². The van der Waals surface area contributed by atoms with Gasteiger partial charge in [0.1, 0.15) is 10.0 Å². The third-order valence-corrected chi connectivity index (χ3v) is 9.70. The molecule has 2 aromatic carbocycles. The van der Waals surface area contributed by atoms with E-state index in [-0.39, 0.29) is 37.4 Å². The highest BCUT2D eigenvalue weighted by Crippen LogP contribution is 2.30. The van der Waals surface area contributed by atoms with Gasteiger partial charge in [0.25, 0.3) is 0 Å². The molecule has 41 heavy (non-hydrogen) atoms. The van der Waals surface area contributed by atoms with E-state index in [1.54, 1.807) is 63.4 Å². The second kappa shape index (κ2) is 14.1. The van der Waals surface area contributed by atoms with E-state index in [1.165, 1.54) is 18.5 Å². The van der Waals surface area contributed by atoms with E-state index >= 15 is 0 Å². The van der Waals surface area contributed by atoms with Crippen LogP contribution in [0.25, 0.3) is 0 Å². The lowest BCUT2D eigenvalue weighted by molar-refractivity contribution is 0.596.